The van der Waals surface area contributed by atoms with E-state index in [1.54, 1.807) is 20.8 Å². The molecular formula is C14H23NO4S. The van der Waals surface area contributed by atoms with E-state index < -0.39 is 33.7 Å². The van der Waals surface area contributed by atoms with Crippen LogP contribution in [0.25, 0.3) is 0 Å². The molecule has 0 fully saturated rings. The van der Waals surface area contributed by atoms with Crippen LogP contribution in [0.2, 0.25) is 0 Å². The van der Waals surface area contributed by atoms with Gasteiger partial charge in [0.15, 0.2) is 5.78 Å². The lowest BCUT2D eigenvalue weighted by Crippen LogP contribution is -2.52. The van der Waals surface area contributed by atoms with Crippen molar-refractivity contribution in [2.24, 2.45) is 5.92 Å². The van der Waals surface area contributed by atoms with E-state index in [1.165, 1.54) is 10.5 Å². The average Bonchev–Trinajstić information content (AvgIpc) is 2.33. The van der Waals surface area contributed by atoms with Gasteiger partial charge in [0.1, 0.15) is 17.0 Å². The fourth-order valence-electron chi connectivity index (χ4n) is 2.06. The number of carbonyl (C=O) groups excluding carboxylic acids is 2. The monoisotopic (exact) mass is 301 g/mol. The molecular weight excluding hydrogens is 278 g/mol. The van der Waals surface area contributed by atoms with E-state index >= 15 is 0 Å². The van der Waals surface area contributed by atoms with Crippen LogP contribution in [0.3, 0.4) is 0 Å². The van der Waals surface area contributed by atoms with Crippen LogP contribution in [0.15, 0.2) is 11.8 Å². The molecule has 20 heavy (non-hydrogen) atoms. The third-order valence-corrected chi connectivity index (χ3v) is 4.88. The van der Waals surface area contributed by atoms with Gasteiger partial charge in [0, 0.05) is 11.8 Å². The molecule has 0 spiro atoms. The first-order chi connectivity index (χ1) is 9.11. The number of ether oxygens (including phenoxy) is 1. The van der Waals surface area contributed by atoms with E-state index in [0.29, 0.717) is 5.57 Å². The van der Waals surface area contributed by atoms with E-state index in [0.717, 1.165) is 0 Å². The Bertz CT molecular complexity index is 464. The van der Waals surface area contributed by atoms with Crippen molar-refractivity contribution >= 4 is 22.7 Å². The van der Waals surface area contributed by atoms with Gasteiger partial charge >= 0.3 is 5.97 Å². The van der Waals surface area contributed by atoms with Gasteiger partial charge in [0.2, 0.25) is 0 Å². The molecule has 0 bridgehead atoms. The fraction of sp³-hybridized carbons (Fsp3) is 0.714. The van der Waals surface area contributed by atoms with Crippen LogP contribution in [0.5, 0.6) is 0 Å². The highest BCUT2D eigenvalue weighted by Gasteiger charge is 2.43. The molecule has 1 aliphatic rings. The maximum Gasteiger partial charge on any atom is 0.330 e. The maximum atomic E-state index is 12.6. The van der Waals surface area contributed by atoms with Crippen LogP contribution < -0.4 is 0 Å². The Morgan fingerprint density at radius 1 is 1.45 bits per heavy atom. The molecule has 114 valence electrons. The SMILES string of the molecule is CCOC(=O)[C@@H]1[C@@H](C)C(=O)C(C)=CN1S(=O)C(C)(C)C. The summed E-state index contributed by atoms with van der Waals surface area (Å²) in [5.74, 6) is -1.18. The fourth-order valence-corrected chi connectivity index (χ4v) is 3.42. The Kier molecular flexibility index (Phi) is 5.13. The van der Waals surface area contributed by atoms with Gasteiger partial charge in [-0.15, -0.1) is 0 Å². The Morgan fingerprint density at radius 3 is 2.45 bits per heavy atom. The normalized spacial score (nSPS) is 25.2. The summed E-state index contributed by atoms with van der Waals surface area (Å²) in [6.07, 6.45) is 1.52. The third kappa shape index (κ3) is 3.29. The Hall–Kier alpha value is -1.17. The van der Waals surface area contributed by atoms with Crippen molar-refractivity contribution in [3.05, 3.63) is 11.8 Å². The van der Waals surface area contributed by atoms with Crippen LogP contribution >= 0.6 is 0 Å². The highest BCUT2D eigenvalue weighted by molar-refractivity contribution is 7.84. The molecule has 1 rings (SSSR count). The molecule has 0 aromatic rings. The number of ketones is 1. The lowest BCUT2D eigenvalue weighted by atomic mass is 9.90. The number of carbonyl (C=O) groups is 2. The first kappa shape index (κ1) is 16.9. The summed E-state index contributed by atoms with van der Waals surface area (Å²) in [6, 6.07) is -0.828. The van der Waals surface area contributed by atoms with Gasteiger partial charge in [-0.05, 0) is 34.6 Å². The molecule has 3 atom stereocenters. The van der Waals surface area contributed by atoms with Gasteiger partial charge < -0.3 is 4.74 Å². The highest BCUT2D eigenvalue weighted by Crippen LogP contribution is 2.29. The molecule has 1 unspecified atom stereocenters. The topological polar surface area (TPSA) is 63.7 Å². The lowest BCUT2D eigenvalue weighted by molar-refractivity contribution is -0.150. The summed E-state index contributed by atoms with van der Waals surface area (Å²) in [4.78, 5) is 24.2. The van der Waals surface area contributed by atoms with E-state index in [1.807, 2.05) is 20.8 Å². The minimum Gasteiger partial charge on any atom is -0.464 e. The highest BCUT2D eigenvalue weighted by atomic mass is 32.2. The van der Waals surface area contributed by atoms with Crippen molar-refractivity contribution in [3.8, 4) is 0 Å². The number of hydrogen-bond acceptors (Lipinski definition) is 4. The molecule has 0 aliphatic carbocycles. The zero-order valence-corrected chi connectivity index (χ0v) is 13.7. The zero-order valence-electron chi connectivity index (χ0n) is 12.9. The Morgan fingerprint density at radius 2 is 2.00 bits per heavy atom. The number of Topliss-reactive ketones (excluding diaryl/α,β-unsaturated/α-hetero) is 1. The van der Waals surface area contributed by atoms with Gasteiger partial charge in [0.25, 0.3) is 0 Å². The standard InChI is InChI=1S/C14H23NO4S/c1-7-19-13(17)11-10(3)12(16)9(2)8-15(11)20(18)14(4,5)6/h8,10-11H,7H2,1-6H3/t10-,11+,20?/m1/s1. The smallest absolute Gasteiger partial charge is 0.330 e. The third-order valence-electron chi connectivity index (χ3n) is 3.11. The second-order valence-corrected chi connectivity index (χ2v) is 8.03. The molecule has 0 amide bonds. The quantitative estimate of drug-likeness (QED) is 0.746. The molecule has 0 N–H and O–H groups in total. The van der Waals surface area contributed by atoms with Crippen LogP contribution in [-0.4, -0.2) is 37.7 Å². The first-order valence-corrected chi connectivity index (χ1v) is 7.81. The molecule has 5 nitrogen and oxygen atoms in total. The van der Waals surface area contributed by atoms with Crippen molar-refractivity contribution in [1.82, 2.24) is 4.31 Å². The predicted molar refractivity (Wildman–Crippen MR) is 78.1 cm³/mol. The van der Waals surface area contributed by atoms with Gasteiger partial charge in [-0.2, -0.15) is 0 Å². The molecule has 6 heteroatoms. The van der Waals surface area contributed by atoms with Gasteiger partial charge in [-0.3, -0.25) is 9.10 Å². The number of allylic oxidation sites excluding steroid dienone is 1. The Labute approximate surface area is 122 Å². The largest absolute Gasteiger partial charge is 0.464 e. The maximum absolute atomic E-state index is 12.6. The van der Waals surface area contributed by atoms with Crippen LogP contribution in [-0.2, 0) is 25.3 Å². The summed E-state index contributed by atoms with van der Waals surface area (Å²) in [5, 5.41) is 0. The van der Waals surface area contributed by atoms with E-state index in [2.05, 4.69) is 0 Å². The number of nitrogens with zero attached hydrogens (tertiary/aromatic N) is 1. The minimum atomic E-state index is -1.43. The van der Waals surface area contributed by atoms with Crippen molar-refractivity contribution in [2.75, 3.05) is 6.61 Å². The summed E-state index contributed by atoms with van der Waals surface area (Å²) in [5.41, 5.74) is 0.510. The predicted octanol–water partition coefficient (Wildman–Crippen LogP) is 1.80. The molecule has 0 aromatic carbocycles. The van der Waals surface area contributed by atoms with Gasteiger partial charge in [0.05, 0.1) is 17.3 Å². The summed E-state index contributed by atoms with van der Waals surface area (Å²) < 4.78 is 18.6. The van der Waals surface area contributed by atoms with Crippen LogP contribution in [0.4, 0.5) is 0 Å². The summed E-state index contributed by atoms with van der Waals surface area (Å²) >= 11 is 0. The molecule has 0 saturated carbocycles. The Balaban J connectivity index is 3.24. The number of rotatable bonds is 3. The summed E-state index contributed by atoms with van der Waals surface area (Å²) in [6.45, 7) is 10.8. The van der Waals surface area contributed by atoms with E-state index in [9.17, 15) is 13.8 Å². The molecule has 0 aromatic heterocycles. The molecule has 0 saturated heterocycles. The van der Waals surface area contributed by atoms with Crippen molar-refractivity contribution in [3.63, 3.8) is 0 Å². The first-order valence-electron chi connectivity index (χ1n) is 6.70. The van der Waals surface area contributed by atoms with Gasteiger partial charge in [-0.1, -0.05) is 6.92 Å². The van der Waals surface area contributed by atoms with Crippen LogP contribution in [0.1, 0.15) is 41.5 Å². The average molecular weight is 301 g/mol. The van der Waals surface area contributed by atoms with Crippen molar-refractivity contribution < 1.29 is 18.5 Å². The minimum absolute atomic E-state index is 0.106. The lowest BCUT2D eigenvalue weighted by Gasteiger charge is -2.38. The van der Waals surface area contributed by atoms with Crippen molar-refractivity contribution in [1.29, 1.82) is 0 Å². The van der Waals surface area contributed by atoms with Crippen LogP contribution in [0, 0.1) is 5.92 Å². The van der Waals surface area contributed by atoms with E-state index in [4.69, 9.17) is 4.74 Å². The second kappa shape index (κ2) is 6.08. The molecule has 0 radical (unpaired) electrons. The van der Waals surface area contributed by atoms with E-state index in [-0.39, 0.29) is 12.4 Å². The molecule has 1 heterocycles. The van der Waals surface area contributed by atoms with Crippen molar-refractivity contribution in [2.45, 2.75) is 52.3 Å². The second-order valence-electron chi connectivity index (χ2n) is 5.88. The zero-order chi connectivity index (χ0) is 15.7. The van der Waals surface area contributed by atoms with Gasteiger partial charge in [-0.25, -0.2) is 9.00 Å². The number of esters is 1. The number of hydrogen-bond donors (Lipinski definition) is 0. The molecule has 1 aliphatic heterocycles. The summed E-state index contributed by atoms with van der Waals surface area (Å²) in [7, 11) is -1.43.